The number of alkyl halides is 4. The molecule has 3 atom stereocenters. The van der Waals surface area contributed by atoms with Gasteiger partial charge in [0, 0.05) is 22.6 Å². The number of hydrogen-bond donors (Lipinski definition) is 1. The summed E-state index contributed by atoms with van der Waals surface area (Å²) in [5.74, 6) is 0. The summed E-state index contributed by atoms with van der Waals surface area (Å²) in [5.41, 5.74) is -4.63. The van der Waals surface area contributed by atoms with Crippen LogP contribution < -0.4 is 0 Å². The first-order chi connectivity index (χ1) is 21.3. The predicted molar refractivity (Wildman–Crippen MR) is 188 cm³/mol. The number of aliphatic hydroxyl groups is 1. The monoisotopic (exact) mass is 649 g/mol. The molecule has 1 N–H and O–H groups in total. The smallest absolute Gasteiger partial charge is 0.386 e. The number of nitrogens with zero attached hydrogens (tertiary/aromatic N) is 1. The number of benzene rings is 3. The van der Waals surface area contributed by atoms with Crippen molar-refractivity contribution in [2.75, 3.05) is 0 Å². The van der Waals surface area contributed by atoms with E-state index < -0.39 is 35.3 Å². The number of hydrogen-bond acceptors (Lipinski definition) is 1. The second kappa shape index (κ2) is 10.9. The minimum Gasteiger partial charge on any atom is -0.386 e. The summed E-state index contributed by atoms with van der Waals surface area (Å²) in [6.07, 6.45) is -6.46. The molecule has 0 fully saturated rings. The molecule has 0 saturated carbocycles. The molecule has 3 unspecified atom stereocenters. The quantitative estimate of drug-likeness (QED) is 0.219. The predicted octanol–water partition coefficient (Wildman–Crippen LogP) is 11.7. The number of aromatic nitrogens is 1. The molecule has 1 aliphatic rings. The molecule has 254 valence electrons. The van der Waals surface area contributed by atoms with Crippen molar-refractivity contribution < 1.29 is 22.7 Å². The normalized spacial score (nSPS) is 23.4. The lowest BCUT2D eigenvalue weighted by Gasteiger charge is -2.53. The Morgan fingerprint density at radius 1 is 0.723 bits per heavy atom. The van der Waals surface area contributed by atoms with Gasteiger partial charge in [-0.2, -0.15) is 13.2 Å². The van der Waals surface area contributed by atoms with E-state index in [2.05, 4.69) is 41.5 Å². The number of rotatable bonds is 4. The van der Waals surface area contributed by atoms with E-state index >= 15 is 17.6 Å². The van der Waals surface area contributed by atoms with Crippen molar-refractivity contribution in [2.24, 2.45) is 10.8 Å². The minimum absolute atomic E-state index is 0.0497. The van der Waals surface area contributed by atoms with Crippen molar-refractivity contribution in [3.63, 3.8) is 0 Å². The van der Waals surface area contributed by atoms with Gasteiger partial charge in [0.15, 0.2) is 5.54 Å². The Morgan fingerprint density at radius 3 is 1.60 bits per heavy atom. The molecule has 2 nitrogen and oxygen atoms in total. The van der Waals surface area contributed by atoms with Crippen LogP contribution in [0.3, 0.4) is 0 Å². The third kappa shape index (κ3) is 5.94. The van der Waals surface area contributed by atoms with E-state index in [9.17, 15) is 5.11 Å². The van der Waals surface area contributed by atoms with Crippen LogP contribution in [0.5, 0.6) is 0 Å². The van der Waals surface area contributed by atoms with Crippen molar-refractivity contribution in [1.82, 2.24) is 4.57 Å². The summed E-state index contributed by atoms with van der Waals surface area (Å²) < 4.78 is 68.5. The zero-order valence-electron chi connectivity index (χ0n) is 29.8. The molecule has 0 spiro atoms. The van der Waals surface area contributed by atoms with Crippen LogP contribution in [-0.4, -0.2) is 27.6 Å². The van der Waals surface area contributed by atoms with Gasteiger partial charge in [-0.3, -0.25) is 0 Å². The molecule has 0 radical (unpaired) electrons. The fourth-order valence-corrected chi connectivity index (χ4v) is 7.87. The highest BCUT2D eigenvalue weighted by atomic mass is 19.4. The first-order valence-corrected chi connectivity index (χ1v) is 16.6. The molecule has 6 heteroatoms. The maximum absolute atomic E-state index is 18.1. The second-order valence-corrected chi connectivity index (χ2v) is 17.8. The molecule has 0 aliphatic heterocycles. The molecule has 1 aromatic heterocycles. The molecule has 0 bridgehead atoms. The van der Waals surface area contributed by atoms with Crippen LogP contribution in [0.15, 0.2) is 72.8 Å². The SMILES string of the molecule is CC(C)(C)CC(C)(C)C1(F)C=C(c2ccccc2)C(O)C(n2c3ccc(C(C)(C)C)cc3c3cc(C(C)(C)C)ccc32)(C(F)(F)F)C1. The van der Waals surface area contributed by atoms with E-state index in [0.717, 1.165) is 11.1 Å². The van der Waals surface area contributed by atoms with Crippen LogP contribution in [0, 0.1) is 10.8 Å². The molecular formula is C41H51F4NO. The van der Waals surface area contributed by atoms with Gasteiger partial charge < -0.3 is 9.67 Å². The topological polar surface area (TPSA) is 25.2 Å². The van der Waals surface area contributed by atoms with E-state index in [-0.39, 0.29) is 21.8 Å². The largest absolute Gasteiger partial charge is 0.415 e. The van der Waals surface area contributed by atoms with Crippen molar-refractivity contribution in [1.29, 1.82) is 0 Å². The Hall–Kier alpha value is -3.12. The highest BCUT2D eigenvalue weighted by Gasteiger charge is 2.69. The summed E-state index contributed by atoms with van der Waals surface area (Å²) in [6.45, 7) is 21.8. The maximum atomic E-state index is 18.1. The zero-order valence-corrected chi connectivity index (χ0v) is 29.8. The van der Waals surface area contributed by atoms with Crippen LogP contribution in [0.1, 0.15) is 106 Å². The van der Waals surface area contributed by atoms with Gasteiger partial charge in [-0.1, -0.05) is 119 Å². The molecule has 1 heterocycles. The highest BCUT2D eigenvalue weighted by molar-refractivity contribution is 6.09. The molecule has 3 aromatic carbocycles. The Bertz CT molecular complexity index is 1750. The van der Waals surface area contributed by atoms with Gasteiger partial charge in [-0.15, -0.1) is 0 Å². The van der Waals surface area contributed by atoms with Gasteiger partial charge in [-0.25, -0.2) is 4.39 Å². The van der Waals surface area contributed by atoms with Crippen LogP contribution in [0.4, 0.5) is 17.6 Å². The molecule has 0 saturated heterocycles. The minimum atomic E-state index is -5.04. The third-order valence-electron chi connectivity index (χ3n) is 10.2. The van der Waals surface area contributed by atoms with Crippen molar-refractivity contribution in [3.05, 3.63) is 89.5 Å². The number of fused-ring (bicyclic) bond motifs is 3. The first kappa shape index (κ1) is 35.2. The molecule has 0 amide bonds. The summed E-state index contributed by atoms with van der Waals surface area (Å²) in [7, 11) is 0. The summed E-state index contributed by atoms with van der Waals surface area (Å²) in [6, 6.07) is 19.6. The summed E-state index contributed by atoms with van der Waals surface area (Å²) in [5, 5.41) is 13.6. The lowest BCUT2D eigenvalue weighted by atomic mass is 9.59. The molecule has 47 heavy (non-hydrogen) atoms. The molecule has 5 rings (SSSR count). The van der Waals surface area contributed by atoms with Crippen LogP contribution in [-0.2, 0) is 16.4 Å². The molecular weight excluding hydrogens is 598 g/mol. The summed E-state index contributed by atoms with van der Waals surface area (Å²) in [4.78, 5) is 0. The second-order valence-electron chi connectivity index (χ2n) is 17.8. The fourth-order valence-electron chi connectivity index (χ4n) is 7.87. The van der Waals surface area contributed by atoms with E-state index in [4.69, 9.17) is 0 Å². The van der Waals surface area contributed by atoms with Crippen molar-refractivity contribution in [2.45, 2.75) is 123 Å². The highest BCUT2D eigenvalue weighted by Crippen LogP contribution is 2.60. The Labute approximate surface area is 277 Å². The van der Waals surface area contributed by atoms with E-state index in [1.54, 1.807) is 56.3 Å². The lowest BCUT2D eigenvalue weighted by molar-refractivity contribution is -0.251. The Morgan fingerprint density at radius 2 is 1.19 bits per heavy atom. The van der Waals surface area contributed by atoms with E-state index in [0.29, 0.717) is 33.8 Å². The van der Waals surface area contributed by atoms with E-state index in [1.165, 1.54) is 10.6 Å². The summed E-state index contributed by atoms with van der Waals surface area (Å²) >= 11 is 0. The number of allylic oxidation sites excluding steroid dienone is 1. The van der Waals surface area contributed by atoms with Gasteiger partial charge in [0.2, 0.25) is 0 Å². The fraction of sp³-hybridized carbons (Fsp3) is 0.512. The number of aliphatic hydroxyl groups excluding tert-OH is 1. The van der Waals surface area contributed by atoms with Gasteiger partial charge in [0.25, 0.3) is 0 Å². The Balaban J connectivity index is 1.96. The standard InChI is InChI=1S/C41H51F4NO/c1-35(2,3)24-38(10,11)39(42)23-31(26-15-13-12-14-16-26)34(47)40(25-39,41(43,44)45)46-32-19-17-27(36(4,5)6)21-29(32)30-22-28(37(7,8)9)18-20-33(30)46/h12-23,34,47H,24-25H2,1-11H3. The number of halogens is 4. The van der Waals surface area contributed by atoms with Crippen LogP contribution in [0.25, 0.3) is 27.4 Å². The van der Waals surface area contributed by atoms with Gasteiger partial charge in [0.05, 0.1) is 11.0 Å². The Kier molecular flexibility index (Phi) is 8.20. The maximum Gasteiger partial charge on any atom is 0.415 e. The third-order valence-corrected chi connectivity index (χ3v) is 10.2. The molecule has 4 aromatic rings. The average molecular weight is 650 g/mol. The zero-order chi connectivity index (χ0) is 35.2. The first-order valence-electron chi connectivity index (χ1n) is 16.6. The van der Waals surface area contributed by atoms with Crippen LogP contribution >= 0.6 is 0 Å². The van der Waals surface area contributed by atoms with Crippen molar-refractivity contribution >= 4 is 27.4 Å². The average Bonchev–Trinajstić information content (AvgIpc) is 3.25. The lowest BCUT2D eigenvalue weighted by Crippen LogP contribution is -2.63. The van der Waals surface area contributed by atoms with E-state index in [1.807, 2.05) is 45.0 Å². The van der Waals surface area contributed by atoms with Gasteiger partial charge in [-0.05, 0) is 75.3 Å². The van der Waals surface area contributed by atoms with Gasteiger partial charge >= 0.3 is 6.18 Å². The van der Waals surface area contributed by atoms with Gasteiger partial charge in [0.1, 0.15) is 11.8 Å². The molecule has 1 aliphatic carbocycles. The van der Waals surface area contributed by atoms with Crippen LogP contribution in [0.2, 0.25) is 0 Å². The van der Waals surface area contributed by atoms with Crippen molar-refractivity contribution in [3.8, 4) is 0 Å².